The van der Waals surface area contributed by atoms with Gasteiger partial charge in [0.05, 0.1) is 37.9 Å². The van der Waals surface area contributed by atoms with E-state index in [1.807, 2.05) is 60.7 Å². The van der Waals surface area contributed by atoms with E-state index in [2.05, 4.69) is 0 Å². The first kappa shape index (κ1) is 30.7. The fraction of sp³-hybridized carbons (Fsp3) is 0.548. The Balaban J connectivity index is 0.000000159. The Morgan fingerprint density at radius 1 is 0.750 bits per heavy atom. The highest BCUT2D eigenvalue weighted by Crippen LogP contribution is 2.43. The van der Waals surface area contributed by atoms with Gasteiger partial charge in [-0.2, -0.15) is 0 Å². The molecule has 2 aromatic carbocycles. The lowest BCUT2D eigenvalue weighted by molar-refractivity contribution is -0.212. The van der Waals surface area contributed by atoms with Gasteiger partial charge in [0.2, 0.25) is 0 Å². The van der Waals surface area contributed by atoms with Crippen molar-refractivity contribution < 1.29 is 53.3 Å². The second-order valence-electron chi connectivity index (χ2n) is 11.9. The Labute approximate surface area is 254 Å². The lowest BCUT2D eigenvalue weighted by Gasteiger charge is -2.27. The van der Waals surface area contributed by atoms with Crippen LogP contribution in [0.2, 0.25) is 0 Å². The van der Waals surface area contributed by atoms with Crippen LogP contribution in [-0.4, -0.2) is 118 Å². The first-order chi connectivity index (χ1) is 21.1. The van der Waals surface area contributed by atoms with Crippen molar-refractivity contribution in [3.8, 4) is 0 Å². The minimum Gasteiger partial charge on any atom is -0.445 e. The molecule has 0 unspecified atom stereocenters. The smallest absolute Gasteiger partial charge is 0.410 e. The van der Waals surface area contributed by atoms with Crippen LogP contribution in [0.1, 0.15) is 25.0 Å². The Bertz CT molecular complexity index is 1300. The molecule has 5 aliphatic heterocycles. The van der Waals surface area contributed by atoms with E-state index in [0.29, 0.717) is 0 Å². The van der Waals surface area contributed by atoms with Gasteiger partial charge in [-0.25, -0.2) is 9.59 Å². The van der Waals surface area contributed by atoms with E-state index >= 15 is 0 Å². The van der Waals surface area contributed by atoms with E-state index in [-0.39, 0.29) is 32.9 Å². The number of carbonyl (C=O) groups is 2. The van der Waals surface area contributed by atoms with E-state index in [9.17, 15) is 24.9 Å². The van der Waals surface area contributed by atoms with Crippen molar-refractivity contribution in [2.75, 3.05) is 19.7 Å². The molecule has 0 aromatic heterocycles. The third-order valence-corrected chi connectivity index (χ3v) is 8.37. The Hall–Kier alpha value is -3.30. The summed E-state index contributed by atoms with van der Waals surface area (Å²) in [4.78, 5) is 27.4. The van der Waals surface area contributed by atoms with Crippen molar-refractivity contribution >= 4 is 12.2 Å². The molecule has 3 N–H and O–H groups in total. The molecule has 13 nitrogen and oxygen atoms in total. The van der Waals surface area contributed by atoms with Gasteiger partial charge in [-0.15, -0.1) is 0 Å². The van der Waals surface area contributed by atoms with Crippen molar-refractivity contribution in [2.24, 2.45) is 0 Å². The van der Waals surface area contributed by atoms with Crippen molar-refractivity contribution in [1.82, 2.24) is 9.80 Å². The lowest BCUT2D eigenvalue weighted by atomic mass is 10.1. The molecule has 44 heavy (non-hydrogen) atoms. The van der Waals surface area contributed by atoms with Crippen LogP contribution in [0.15, 0.2) is 60.7 Å². The van der Waals surface area contributed by atoms with E-state index < -0.39 is 73.0 Å². The molecule has 13 heteroatoms. The van der Waals surface area contributed by atoms with Gasteiger partial charge in [-0.1, -0.05) is 60.7 Å². The van der Waals surface area contributed by atoms with Gasteiger partial charge < -0.3 is 43.7 Å². The number of aliphatic hydroxyl groups excluding tert-OH is 3. The van der Waals surface area contributed by atoms with E-state index in [1.165, 1.54) is 9.80 Å². The van der Waals surface area contributed by atoms with Crippen LogP contribution in [0.25, 0.3) is 0 Å². The van der Waals surface area contributed by atoms with Crippen LogP contribution in [-0.2, 0) is 41.6 Å². The monoisotopic (exact) mass is 614 g/mol. The van der Waals surface area contributed by atoms with Crippen molar-refractivity contribution in [3.05, 3.63) is 71.8 Å². The summed E-state index contributed by atoms with van der Waals surface area (Å²) in [6.45, 7) is 4.37. The van der Waals surface area contributed by atoms with Crippen LogP contribution < -0.4 is 0 Å². The number of carbonyl (C=O) groups excluding carboxylic acids is 2. The summed E-state index contributed by atoms with van der Waals surface area (Å²) in [5.74, 6) is -0.770. The number of ether oxygens (including phenoxy) is 6. The summed E-state index contributed by atoms with van der Waals surface area (Å²) in [6.07, 6.45) is -5.38. The average Bonchev–Trinajstić information content (AvgIpc) is 3.79. The summed E-state index contributed by atoms with van der Waals surface area (Å²) in [6, 6.07) is 17.9. The largest absolute Gasteiger partial charge is 0.445 e. The maximum Gasteiger partial charge on any atom is 0.410 e. The number of hydrogen-bond donors (Lipinski definition) is 3. The van der Waals surface area contributed by atoms with Crippen LogP contribution in [0.5, 0.6) is 0 Å². The molecule has 5 aliphatic rings. The maximum atomic E-state index is 12.5. The molecular weight excluding hydrogens is 576 g/mol. The number of rotatable bonds is 4. The van der Waals surface area contributed by atoms with Crippen LogP contribution in [0, 0.1) is 0 Å². The summed E-state index contributed by atoms with van der Waals surface area (Å²) in [5, 5.41) is 29.9. The lowest BCUT2D eigenvalue weighted by Crippen LogP contribution is -2.46. The van der Waals surface area contributed by atoms with Crippen LogP contribution >= 0.6 is 0 Å². The topological polar surface area (TPSA) is 157 Å². The van der Waals surface area contributed by atoms with E-state index in [4.69, 9.17) is 28.4 Å². The quantitative estimate of drug-likeness (QED) is 0.457. The number of benzene rings is 2. The van der Waals surface area contributed by atoms with E-state index in [0.717, 1.165) is 11.1 Å². The normalized spacial score (nSPS) is 34.5. The Morgan fingerprint density at radius 3 is 1.84 bits per heavy atom. The van der Waals surface area contributed by atoms with Crippen molar-refractivity contribution in [2.45, 2.75) is 87.8 Å². The standard InChI is InChI=1S/C17H21NO6.C14H17NO5/c1-17(2)23-14-12-13(22-15(14)24-17)11(19)8-18(12)16(20)21-9-10-6-4-3-5-7-10;16-10-6-15(12-11(17)8-19-13(10)12)14(18)20-7-9-4-2-1-3-5-9/h3-7,11-15,19H,8-9H2,1-2H3;1-5,10-13,16-17H,6-8H2/t11-,12+,13-,14-,15-;10-,11+,12-,13-/m11/s1. The van der Waals surface area contributed by atoms with Crippen LogP contribution in [0.3, 0.4) is 0 Å². The second-order valence-corrected chi connectivity index (χ2v) is 11.9. The molecule has 238 valence electrons. The maximum absolute atomic E-state index is 12.5. The zero-order valence-electron chi connectivity index (χ0n) is 24.5. The molecule has 2 amide bonds. The minimum atomic E-state index is -0.778. The minimum absolute atomic E-state index is 0.125. The number of amides is 2. The highest BCUT2D eigenvalue weighted by atomic mass is 16.8. The summed E-state index contributed by atoms with van der Waals surface area (Å²) in [5.41, 5.74) is 1.80. The predicted octanol–water partition coefficient (Wildman–Crippen LogP) is 1.37. The number of β-amino-alcohol motifs (C(OH)–C–C–N with tert-alkyl or cyclic N) is 2. The van der Waals surface area contributed by atoms with Gasteiger partial charge in [-0.3, -0.25) is 9.80 Å². The van der Waals surface area contributed by atoms with Gasteiger partial charge in [0.25, 0.3) is 0 Å². The molecule has 5 heterocycles. The fourth-order valence-corrected chi connectivity index (χ4v) is 6.39. The zero-order chi connectivity index (χ0) is 31.0. The molecule has 0 spiro atoms. The summed E-state index contributed by atoms with van der Waals surface area (Å²) in [7, 11) is 0. The Kier molecular flexibility index (Phi) is 8.79. The van der Waals surface area contributed by atoms with E-state index in [1.54, 1.807) is 13.8 Å². The third kappa shape index (κ3) is 6.26. The second kappa shape index (κ2) is 12.6. The van der Waals surface area contributed by atoms with Gasteiger partial charge in [0.15, 0.2) is 12.1 Å². The van der Waals surface area contributed by atoms with Crippen molar-refractivity contribution in [3.63, 3.8) is 0 Å². The SMILES string of the molecule is CC1(C)O[C@H]2O[C@H]3[C@@H]([C@H]2O1)N(C(=O)OCc1ccccc1)C[C@H]3O.O=C(OCc1ccccc1)N1C[C@@H](O)[C@H]2OC[C@H](O)[C@H]21. The highest BCUT2D eigenvalue weighted by Gasteiger charge is 2.62. The van der Waals surface area contributed by atoms with Crippen molar-refractivity contribution in [1.29, 1.82) is 0 Å². The molecule has 7 rings (SSSR count). The number of aliphatic hydroxyl groups is 3. The molecule has 0 aliphatic carbocycles. The van der Waals surface area contributed by atoms with Gasteiger partial charge in [0, 0.05) is 0 Å². The molecular formula is C31H38N2O11. The third-order valence-electron chi connectivity index (χ3n) is 8.37. The molecule has 5 saturated heterocycles. The first-order valence-corrected chi connectivity index (χ1v) is 14.7. The van der Waals surface area contributed by atoms with Gasteiger partial charge in [-0.05, 0) is 25.0 Å². The van der Waals surface area contributed by atoms with Gasteiger partial charge >= 0.3 is 12.2 Å². The predicted molar refractivity (Wildman–Crippen MR) is 151 cm³/mol. The number of fused-ring (bicyclic) bond motifs is 4. The number of likely N-dealkylation sites (tertiary alicyclic amines) is 2. The molecule has 0 radical (unpaired) electrons. The fourth-order valence-electron chi connectivity index (χ4n) is 6.39. The molecule has 5 fully saturated rings. The zero-order valence-corrected chi connectivity index (χ0v) is 24.5. The number of hydrogen-bond acceptors (Lipinski definition) is 11. The summed E-state index contributed by atoms with van der Waals surface area (Å²) >= 11 is 0. The first-order valence-electron chi connectivity index (χ1n) is 14.7. The highest BCUT2D eigenvalue weighted by molar-refractivity contribution is 5.69. The molecule has 0 saturated carbocycles. The van der Waals surface area contributed by atoms with Crippen LogP contribution in [0.4, 0.5) is 9.59 Å². The molecule has 2 aromatic rings. The average molecular weight is 615 g/mol. The number of nitrogens with zero attached hydrogens (tertiary/aromatic N) is 2. The molecule has 0 bridgehead atoms. The van der Waals surface area contributed by atoms with Gasteiger partial charge in [0.1, 0.15) is 43.7 Å². The Morgan fingerprint density at radius 2 is 1.27 bits per heavy atom. The summed E-state index contributed by atoms with van der Waals surface area (Å²) < 4.78 is 33.2. The molecule has 9 atom stereocenters.